The van der Waals surface area contributed by atoms with Crippen molar-refractivity contribution in [3.05, 3.63) is 39.4 Å². The van der Waals surface area contributed by atoms with Crippen molar-refractivity contribution in [2.24, 2.45) is 11.7 Å². The summed E-state index contributed by atoms with van der Waals surface area (Å²) in [6.07, 6.45) is 0.911. The van der Waals surface area contributed by atoms with Crippen molar-refractivity contribution in [1.29, 1.82) is 0 Å². The monoisotopic (exact) mass is 313 g/mol. The molecule has 2 atom stereocenters. The van der Waals surface area contributed by atoms with E-state index < -0.39 is 4.92 Å². The number of rotatable bonds is 3. The SMILES string of the molecule is Cc1cc([N+](=O)[O-])ccc1C(=O)N1CC(CN)CC1C.Cl. The molecule has 1 amide bonds. The van der Waals surface area contributed by atoms with Gasteiger partial charge >= 0.3 is 0 Å². The second kappa shape index (κ2) is 6.87. The molecule has 0 aromatic heterocycles. The maximum absolute atomic E-state index is 12.5. The normalized spacial score (nSPS) is 21.0. The van der Waals surface area contributed by atoms with Crippen LogP contribution in [-0.2, 0) is 0 Å². The smallest absolute Gasteiger partial charge is 0.269 e. The fourth-order valence-corrected chi connectivity index (χ4v) is 2.75. The van der Waals surface area contributed by atoms with Gasteiger partial charge in [0.05, 0.1) is 4.92 Å². The van der Waals surface area contributed by atoms with Crippen LogP contribution in [0.1, 0.15) is 29.3 Å². The van der Waals surface area contributed by atoms with E-state index in [4.69, 9.17) is 5.73 Å². The van der Waals surface area contributed by atoms with E-state index in [0.717, 1.165) is 6.42 Å². The van der Waals surface area contributed by atoms with E-state index in [9.17, 15) is 14.9 Å². The van der Waals surface area contributed by atoms with Crippen molar-refractivity contribution in [2.75, 3.05) is 13.1 Å². The van der Waals surface area contributed by atoms with Gasteiger partial charge in [0.25, 0.3) is 11.6 Å². The number of carbonyl (C=O) groups is 1. The van der Waals surface area contributed by atoms with Crippen molar-refractivity contribution >= 4 is 24.0 Å². The quantitative estimate of drug-likeness (QED) is 0.683. The van der Waals surface area contributed by atoms with Gasteiger partial charge < -0.3 is 10.6 Å². The lowest BCUT2D eigenvalue weighted by Crippen LogP contribution is -2.34. The third-order valence-electron chi connectivity index (χ3n) is 3.91. The van der Waals surface area contributed by atoms with Crippen LogP contribution in [0.15, 0.2) is 18.2 Å². The summed E-state index contributed by atoms with van der Waals surface area (Å²) in [5, 5.41) is 10.7. The maximum atomic E-state index is 12.5. The highest BCUT2D eigenvalue weighted by Crippen LogP contribution is 2.26. The molecule has 0 saturated carbocycles. The maximum Gasteiger partial charge on any atom is 0.269 e. The molecule has 116 valence electrons. The number of non-ortho nitro benzene ring substituents is 1. The molecule has 1 fully saturated rings. The molecule has 7 heteroatoms. The Bertz CT molecular complexity index is 550. The lowest BCUT2D eigenvalue weighted by atomic mass is 10.1. The fraction of sp³-hybridized carbons (Fsp3) is 0.500. The molecule has 1 aliphatic heterocycles. The van der Waals surface area contributed by atoms with E-state index >= 15 is 0 Å². The molecule has 0 spiro atoms. The Morgan fingerprint density at radius 3 is 2.67 bits per heavy atom. The minimum absolute atomic E-state index is 0. The number of nitrogens with two attached hydrogens (primary N) is 1. The number of likely N-dealkylation sites (tertiary alicyclic amines) is 1. The molecule has 1 aliphatic rings. The molecule has 2 rings (SSSR count). The largest absolute Gasteiger partial charge is 0.336 e. The van der Waals surface area contributed by atoms with Gasteiger partial charge in [0, 0.05) is 30.3 Å². The van der Waals surface area contributed by atoms with Gasteiger partial charge in [-0.15, -0.1) is 12.4 Å². The zero-order valence-corrected chi connectivity index (χ0v) is 12.9. The molecule has 0 bridgehead atoms. The molecule has 21 heavy (non-hydrogen) atoms. The summed E-state index contributed by atoms with van der Waals surface area (Å²) in [5.41, 5.74) is 6.83. The van der Waals surface area contributed by atoms with Crippen molar-refractivity contribution in [1.82, 2.24) is 4.90 Å². The molecule has 1 aromatic rings. The lowest BCUT2D eigenvalue weighted by molar-refractivity contribution is -0.384. The fourth-order valence-electron chi connectivity index (χ4n) is 2.75. The second-order valence-corrected chi connectivity index (χ2v) is 5.40. The number of hydrogen-bond acceptors (Lipinski definition) is 4. The van der Waals surface area contributed by atoms with E-state index in [1.165, 1.54) is 18.2 Å². The molecule has 1 saturated heterocycles. The zero-order chi connectivity index (χ0) is 14.9. The number of aryl methyl sites for hydroxylation is 1. The first-order chi connectivity index (χ1) is 9.43. The number of amides is 1. The Morgan fingerprint density at radius 2 is 2.19 bits per heavy atom. The molecular formula is C14H20ClN3O3. The van der Waals surface area contributed by atoms with Crippen LogP contribution in [0.4, 0.5) is 5.69 Å². The minimum atomic E-state index is -0.454. The highest BCUT2D eigenvalue weighted by atomic mass is 35.5. The van der Waals surface area contributed by atoms with Gasteiger partial charge in [-0.3, -0.25) is 14.9 Å². The van der Waals surface area contributed by atoms with Gasteiger partial charge in [0.1, 0.15) is 0 Å². The summed E-state index contributed by atoms with van der Waals surface area (Å²) >= 11 is 0. The van der Waals surface area contributed by atoms with E-state index in [1.807, 2.05) is 11.8 Å². The predicted molar refractivity (Wildman–Crippen MR) is 82.7 cm³/mol. The molecule has 0 radical (unpaired) electrons. The molecule has 1 aromatic carbocycles. The van der Waals surface area contributed by atoms with Crippen molar-refractivity contribution < 1.29 is 9.72 Å². The number of halogens is 1. The van der Waals surface area contributed by atoms with Crippen molar-refractivity contribution in [2.45, 2.75) is 26.3 Å². The van der Waals surface area contributed by atoms with Crippen LogP contribution in [-0.4, -0.2) is 34.9 Å². The first-order valence-electron chi connectivity index (χ1n) is 6.70. The van der Waals surface area contributed by atoms with Gasteiger partial charge in [0.15, 0.2) is 0 Å². The molecular weight excluding hydrogens is 294 g/mol. The Hall–Kier alpha value is -1.66. The van der Waals surface area contributed by atoms with Gasteiger partial charge in [-0.25, -0.2) is 0 Å². The summed E-state index contributed by atoms with van der Waals surface area (Å²) in [6, 6.07) is 4.51. The number of nitro groups is 1. The Balaban J connectivity index is 0.00000220. The van der Waals surface area contributed by atoms with Crippen LogP contribution in [0, 0.1) is 23.0 Å². The minimum Gasteiger partial charge on any atom is -0.336 e. The van der Waals surface area contributed by atoms with Crippen molar-refractivity contribution in [3.63, 3.8) is 0 Å². The first-order valence-corrected chi connectivity index (χ1v) is 6.70. The third-order valence-corrected chi connectivity index (χ3v) is 3.91. The number of benzene rings is 1. The number of carbonyl (C=O) groups excluding carboxylic acids is 1. The van der Waals surface area contributed by atoms with E-state index in [0.29, 0.717) is 30.1 Å². The summed E-state index contributed by atoms with van der Waals surface area (Å²) in [6.45, 7) is 4.97. The average Bonchev–Trinajstić information content (AvgIpc) is 2.79. The highest BCUT2D eigenvalue weighted by molar-refractivity contribution is 5.96. The predicted octanol–water partition coefficient (Wildman–Crippen LogP) is 2.13. The second-order valence-electron chi connectivity index (χ2n) is 5.40. The van der Waals surface area contributed by atoms with Crippen LogP contribution in [0.2, 0.25) is 0 Å². The van der Waals surface area contributed by atoms with E-state index in [-0.39, 0.29) is 30.0 Å². The summed E-state index contributed by atoms with van der Waals surface area (Å²) in [7, 11) is 0. The third kappa shape index (κ3) is 3.51. The van der Waals surface area contributed by atoms with Gasteiger partial charge in [-0.1, -0.05) is 0 Å². The van der Waals surface area contributed by atoms with Crippen molar-refractivity contribution in [3.8, 4) is 0 Å². The van der Waals surface area contributed by atoms with Crippen LogP contribution in [0.25, 0.3) is 0 Å². The van der Waals surface area contributed by atoms with E-state index in [1.54, 1.807) is 6.92 Å². The number of nitrogens with zero attached hydrogens (tertiary/aromatic N) is 2. The average molecular weight is 314 g/mol. The molecule has 2 unspecified atom stereocenters. The molecule has 6 nitrogen and oxygen atoms in total. The molecule has 2 N–H and O–H groups in total. The van der Waals surface area contributed by atoms with Crippen LogP contribution in [0.5, 0.6) is 0 Å². The topological polar surface area (TPSA) is 89.5 Å². The summed E-state index contributed by atoms with van der Waals surface area (Å²) < 4.78 is 0. The summed E-state index contributed by atoms with van der Waals surface area (Å²) in [4.78, 5) is 24.6. The Morgan fingerprint density at radius 1 is 1.52 bits per heavy atom. The number of nitro benzene ring substituents is 1. The van der Waals surface area contributed by atoms with Gasteiger partial charge in [-0.05, 0) is 44.4 Å². The Kier molecular flexibility index (Phi) is 5.69. The van der Waals surface area contributed by atoms with Gasteiger partial charge in [0.2, 0.25) is 0 Å². The van der Waals surface area contributed by atoms with Crippen LogP contribution in [0.3, 0.4) is 0 Å². The molecule has 1 heterocycles. The summed E-state index contributed by atoms with van der Waals surface area (Å²) in [5.74, 6) is 0.271. The van der Waals surface area contributed by atoms with Crippen LogP contribution >= 0.6 is 12.4 Å². The van der Waals surface area contributed by atoms with Gasteiger partial charge in [-0.2, -0.15) is 0 Å². The zero-order valence-electron chi connectivity index (χ0n) is 12.1. The lowest BCUT2D eigenvalue weighted by Gasteiger charge is -2.22. The van der Waals surface area contributed by atoms with Crippen LogP contribution < -0.4 is 5.73 Å². The Labute approximate surface area is 129 Å². The standard InChI is InChI=1S/C14H19N3O3.ClH/c1-9-5-12(17(19)20)3-4-13(9)14(18)16-8-11(7-15)6-10(16)2;/h3-5,10-11H,6-8,15H2,1-2H3;1H. The van der Waals surface area contributed by atoms with E-state index in [2.05, 4.69) is 0 Å². The highest BCUT2D eigenvalue weighted by Gasteiger charge is 2.32. The number of hydrogen-bond donors (Lipinski definition) is 1. The first kappa shape index (κ1) is 17.4. The molecule has 0 aliphatic carbocycles.